The first-order valence-electron chi connectivity index (χ1n) is 10.0. The maximum absolute atomic E-state index is 12.9. The highest BCUT2D eigenvalue weighted by Crippen LogP contribution is 2.38. The molecular weight excluding hydrogens is 402 g/mol. The Hall–Kier alpha value is -3.42. The van der Waals surface area contributed by atoms with Crippen molar-refractivity contribution >= 4 is 17.6 Å². The summed E-state index contributed by atoms with van der Waals surface area (Å²) < 4.78 is 21.0. The predicted molar refractivity (Wildman–Crippen MR) is 116 cm³/mol. The fraction of sp³-hybridized carbons (Fsp3) is 0.391. The summed E-state index contributed by atoms with van der Waals surface area (Å²) in [6.45, 7) is 2.04. The number of hydrogen-bond acceptors (Lipinski definition) is 7. The summed E-state index contributed by atoms with van der Waals surface area (Å²) in [6.07, 6.45) is 2.98. The molecule has 0 aliphatic rings. The molecule has 2 N–H and O–H groups in total. The highest BCUT2D eigenvalue weighted by Gasteiger charge is 2.28. The standard InChI is InChI=1S/C23H29NO7/c1-5-6-7-8-17(23(27)30-4)22(26)24-18-13-15(28-2)10-12-20(18)31-21-14-16(29-3)9-11-19(21)25/h9-14,17,25H,5-8H2,1-4H3,(H,24,26). The minimum Gasteiger partial charge on any atom is -0.504 e. The molecule has 31 heavy (non-hydrogen) atoms. The number of rotatable bonds is 11. The minimum atomic E-state index is -0.944. The van der Waals surface area contributed by atoms with Crippen molar-refractivity contribution in [3.63, 3.8) is 0 Å². The maximum atomic E-state index is 12.9. The molecule has 0 aromatic heterocycles. The quantitative estimate of drug-likeness (QED) is 0.306. The number of ether oxygens (including phenoxy) is 4. The third kappa shape index (κ3) is 6.53. The summed E-state index contributed by atoms with van der Waals surface area (Å²) >= 11 is 0. The molecule has 0 bridgehead atoms. The molecule has 1 amide bonds. The molecule has 0 aliphatic heterocycles. The van der Waals surface area contributed by atoms with Crippen LogP contribution in [0.1, 0.15) is 32.6 Å². The number of phenolic OH excluding ortho intramolecular Hbond substituents is 1. The first-order chi connectivity index (χ1) is 14.9. The molecule has 1 atom stereocenters. The zero-order valence-corrected chi connectivity index (χ0v) is 18.3. The number of benzene rings is 2. The molecule has 8 heteroatoms. The number of amides is 1. The van der Waals surface area contributed by atoms with Gasteiger partial charge in [0.05, 0.1) is 27.0 Å². The van der Waals surface area contributed by atoms with Gasteiger partial charge in [-0.05, 0) is 30.7 Å². The molecule has 0 heterocycles. The number of phenols is 1. The van der Waals surface area contributed by atoms with Gasteiger partial charge in [0.25, 0.3) is 0 Å². The number of anilines is 1. The summed E-state index contributed by atoms with van der Waals surface area (Å²) in [4.78, 5) is 25.1. The van der Waals surface area contributed by atoms with Crippen molar-refractivity contribution in [1.82, 2.24) is 0 Å². The molecule has 0 spiro atoms. The third-order valence-corrected chi connectivity index (χ3v) is 4.73. The molecular formula is C23H29NO7. The van der Waals surface area contributed by atoms with Gasteiger partial charge < -0.3 is 29.4 Å². The van der Waals surface area contributed by atoms with E-state index in [-0.39, 0.29) is 22.9 Å². The van der Waals surface area contributed by atoms with Crippen LogP contribution >= 0.6 is 0 Å². The SMILES string of the molecule is CCCCCC(C(=O)Nc1cc(OC)ccc1Oc1cc(OC)ccc1O)C(=O)OC. The van der Waals surface area contributed by atoms with E-state index in [0.717, 1.165) is 19.3 Å². The lowest BCUT2D eigenvalue weighted by atomic mass is 10.00. The average molecular weight is 431 g/mol. The Balaban J connectivity index is 2.31. The van der Waals surface area contributed by atoms with Crippen LogP contribution in [0.25, 0.3) is 0 Å². The monoisotopic (exact) mass is 431 g/mol. The normalized spacial score (nSPS) is 11.4. The van der Waals surface area contributed by atoms with Gasteiger partial charge in [0.1, 0.15) is 17.4 Å². The van der Waals surface area contributed by atoms with Crippen LogP contribution in [0.3, 0.4) is 0 Å². The zero-order chi connectivity index (χ0) is 22.8. The summed E-state index contributed by atoms with van der Waals surface area (Å²) in [5.41, 5.74) is 0.288. The van der Waals surface area contributed by atoms with E-state index in [2.05, 4.69) is 5.32 Å². The molecule has 0 radical (unpaired) electrons. The Morgan fingerprint density at radius 3 is 2.29 bits per heavy atom. The Kier molecular flexibility index (Phi) is 8.99. The highest BCUT2D eigenvalue weighted by atomic mass is 16.5. The average Bonchev–Trinajstić information content (AvgIpc) is 2.78. The fourth-order valence-corrected chi connectivity index (χ4v) is 2.96. The van der Waals surface area contributed by atoms with E-state index in [0.29, 0.717) is 17.9 Å². The Morgan fingerprint density at radius 2 is 1.65 bits per heavy atom. The summed E-state index contributed by atoms with van der Waals surface area (Å²) in [5, 5.41) is 12.9. The van der Waals surface area contributed by atoms with Gasteiger partial charge in [0.15, 0.2) is 17.2 Å². The van der Waals surface area contributed by atoms with Gasteiger partial charge in [-0.25, -0.2) is 0 Å². The van der Waals surface area contributed by atoms with Crippen LogP contribution in [0, 0.1) is 5.92 Å². The molecule has 0 saturated carbocycles. The first-order valence-corrected chi connectivity index (χ1v) is 10.0. The van der Waals surface area contributed by atoms with Crippen molar-refractivity contribution in [2.45, 2.75) is 32.6 Å². The number of nitrogens with one attached hydrogen (secondary N) is 1. The van der Waals surface area contributed by atoms with Crippen LogP contribution in [0.2, 0.25) is 0 Å². The van der Waals surface area contributed by atoms with Crippen molar-refractivity contribution in [2.24, 2.45) is 5.92 Å². The molecule has 8 nitrogen and oxygen atoms in total. The van der Waals surface area contributed by atoms with Gasteiger partial charge >= 0.3 is 5.97 Å². The van der Waals surface area contributed by atoms with Gasteiger partial charge in [-0.15, -0.1) is 0 Å². The van der Waals surface area contributed by atoms with Crippen LogP contribution in [0.15, 0.2) is 36.4 Å². The largest absolute Gasteiger partial charge is 0.504 e. The predicted octanol–water partition coefficient (Wildman–Crippen LogP) is 4.51. The summed E-state index contributed by atoms with van der Waals surface area (Å²) in [6, 6.07) is 9.38. The number of carbonyl (C=O) groups excluding carboxylic acids is 2. The topological polar surface area (TPSA) is 103 Å². The van der Waals surface area contributed by atoms with Gasteiger partial charge in [-0.3, -0.25) is 9.59 Å². The van der Waals surface area contributed by atoms with Gasteiger partial charge in [0, 0.05) is 12.1 Å². The number of hydrogen-bond donors (Lipinski definition) is 2. The van der Waals surface area contributed by atoms with Crippen LogP contribution in [0.5, 0.6) is 28.7 Å². The van der Waals surface area contributed by atoms with Crippen LogP contribution < -0.4 is 19.5 Å². The fourth-order valence-electron chi connectivity index (χ4n) is 2.96. The van der Waals surface area contributed by atoms with Crippen LogP contribution in [0.4, 0.5) is 5.69 Å². The number of aromatic hydroxyl groups is 1. The molecule has 0 saturated heterocycles. The second kappa shape index (κ2) is 11.7. The van der Waals surface area contributed by atoms with E-state index in [9.17, 15) is 14.7 Å². The van der Waals surface area contributed by atoms with E-state index >= 15 is 0 Å². The highest BCUT2D eigenvalue weighted by molar-refractivity contribution is 6.05. The Labute approximate surface area is 182 Å². The lowest BCUT2D eigenvalue weighted by Gasteiger charge is -2.18. The van der Waals surface area contributed by atoms with Gasteiger partial charge in [-0.1, -0.05) is 26.2 Å². The molecule has 0 aliphatic carbocycles. The van der Waals surface area contributed by atoms with E-state index in [1.54, 1.807) is 24.3 Å². The van der Waals surface area contributed by atoms with Gasteiger partial charge in [-0.2, -0.15) is 0 Å². The molecule has 168 valence electrons. The van der Waals surface area contributed by atoms with Gasteiger partial charge in [0.2, 0.25) is 5.91 Å². The number of esters is 1. The first kappa shape index (κ1) is 23.9. The number of unbranched alkanes of at least 4 members (excludes halogenated alkanes) is 2. The second-order valence-corrected chi connectivity index (χ2v) is 6.86. The van der Waals surface area contributed by atoms with Crippen molar-refractivity contribution in [1.29, 1.82) is 0 Å². The van der Waals surface area contributed by atoms with E-state index in [1.165, 1.54) is 33.5 Å². The van der Waals surface area contributed by atoms with Crippen LogP contribution in [-0.2, 0) is 14.3 Å². The smallest absolute Gasteiger partial charge is 0.318 e. The second-order valence-electron chi connectivity index (χ2n) is 6.86. The minimum absolute atomic E-state index is 0.0964. The Morgan fingerprint density at radius 1 is 0.968 bits per heavy atom. The van der Waals surface area contributed by atoms with E-state index < -0.39 is 17.8 Å². The molecule has 2 aromatic rings. The molecule has 1 unspecified atom stereocenters. The number of carbonyl (C=O) groups is 2. The summed E-state index contributed by atoms with van der Waals surface area (Å²) in [5.74, 6) is -0.754. The van der Waals surface area contributed by atoms with Crippen molar-refractivity contribution in [2.75, 3.05) is 26.6 Å². The Bertz CT molecular complexity index is 897. The van der Waals surface area contributed by atoms with E-state index in [4.69, 9.17) is 18.9 Å². The lowest BCUT2D eigenvalue weighted by Crippen LogP contribution is -2.30. The van der Waals surface area contributed by atoms with Crippen LogP contribution in [-0.4, -0.2) is 38.3 Å². The van der Waals surface area contributed by atoms with Crippen molar-refractivity contribution < 1.29 is 33.6 Å². The zero-order valence-electron chi connectivity index (χ0n) is 18.3. The number of methoxy groups -OCH3 is 3. The molecule has 2 rings (SSSR count). The van der Waals surface area contributed by atoms with Crippen molar-refractivity contribution in [3.8, 4) is 28.7 Å². The third-order valence-electron chi connectivity index (χ3n) is 4.73. The van der Waals surface area contributed by atoms with Crippen molar-refractivity contribution in [3.05, 3.63) is 36.4 Å². The molecule has 0 fully saturated rings. The summed E-state index contributed by atoms with van der Waals surface area (Å²) in [7, 11) is 4.26. The van der Waals surface area contributed by atoms with E-state index in [1.807, 2.05) is 6.92 Å². The molecule has 2 aromatic carbocycles. The maximum Gasteiger partial charge on any atom is 0.318 e. The lowest BCUT2D eigenvalue weighted by molar-refractivity contribution is -0.149.